The molecule has 7 heteroatoms. The maximum absolute atomic E-state index is 12.3. The third-order valence-electron chi connectivity index (χ3n) is 3.93. The van der Waals surface area contributed by atoms with Gasteiger partial charge in [0.15, 0.2) is 0 Å². The Kier molecular flexibility index (Phi) is 5.33. The lowest BCUT2D eigenvalue weighted by Gasteiger charge is -2.03. The predicted octanol–water partition coefficient (Wildman–Crippen LogP) is 4.71. The summed E-state index contributed by atoms with van der Waals surface area (Å²) in [6, 6.07) is 18.5. The number of nitriles is 1. The third kappa shape index (κ3) is 4.31. The first-order valence-corrected chi connectivity index (χ1v) is 8.31. The Bertz CT molecular complexity index is 1110. The zero-order chi connectivity index (χ0) is 20.1. The molecule has 7 nitrogen and oxygen atoms in total. The van der Waals surface area contributed by atoms with E-state index < -0.39 is 10.8 Å². The molecule has 0 saturated carbocycles. The van der Waals surface area contributed by atoms with Crippen molar-refractivity contribution in [2.24, 2.45) is 0 Å². The van der Waals surface area contributed by atoms with Crippen molar-refractivity contribution in [3.05, 3.63) is 87.7 Å². The number of nitrogens with zero attached hydrogens (tertiary/aromatic N) is 2. The van der Waals surface area contributed by atoms with Gasteiger partial charge in [0.25, 0.3) is 11.6 Å². The van der Waals surface area contributed by atoms with Crippen molar-refractivity contribution in [3.8, 4) is 17.4 Å². The maximum atomic E-state index is 12.3. The SMILES string of the molecule is Cc1ccc(-c2ccc(/C=C(\C#N)C(=O)Nc3cccc([N+](=O)[O-])c3)o2)cc1. The van der Waals surface area contributed by atoms with Crippen LogP contribution in [0, 0.1) is 28.4 Å². The molecule has 1 N–H and O–H groups in total. The molecule has 0 saturated heterocycles. The standard InChI is InChI=1S/C21H15N3O4/c1-14-5-7-15(8-6-14)20-10-9-19(28-20)11-16(13-22)21(25)23-17-3-2-4-18(12-17)24(26)27/h2-12H,1H3,(H,23,25)/b16-11+. The number of carbonyl (C=O) groups is 1. The van der Waals surface area contributed by atoms with Crippen LogP contribution in [0.15, 0.2) is 70.7 Å². The summed E-state index contributed by atoms with van der Waals surface area (Å²) in [6.07, 6.45) is 1.32. The molecule has 0 unspecified atom stereocenters. The van der Waals surface area contributed by atoms with Gasteiger partial charge in [-0.2, -0.15) is 5.26 Å². The summed E-state index contributed by atoms with van der Waals surface area (Å²) in [7, 11) is 0. The number of nitro groups is 1. The monoisotopic (exact) mass is 373 g/mol. The van der Waals surface area contributed by atoms with Crippen LogP contribution in [-0.4, -0.2) is 10.8 Å². The summed E-state index contributed by atoms with van der Waals surface area (Å²) in [4.78, 5) is 22.6. The third-order valence-corrected chi connectivity index (χ3v) is 3.93. The smallest absolute Gasteiger partial charge is 0.271 e. The van der Waals surface area contributed by atoms with E-state index in [1.54, 1.807) is 12.1 Å². The molecule has 0 atom stereocenters. The molecule has 3 rings (SSSR count). The van der Waals surface area contributed by atoms with E-state index in [0.29, 0.717) is 11.5 Å². The fourth-order valence-electron chi connectivity index (χ4n) is 2.49. The second-order valence-corrected chi connectivity index (χ2v) is 6.00. The van der Waals surface area contributed by atoms with Gasteiger partial charge in [-0.3, -0.25) is 14.9 Å². The van der Waals surface area contributed by atoms with E-state index >= 15 is 0 Å². The number of nitro benzene ring substituents is 1. The van der Waals surface area contributed by atoms with Crippen molar-refractivity contribution in [2.75, 3.05) is 5.32 Å². The molecular formula is C21H15N3O4. The Labute approximate surface area is 160 Å². The summed E-state index contributed by atoms with van der Waals surface area (Å²) >= 11 is 0. The summed E-state index contributed by atoms with van der Waals surface area (Å²) < 4.78 is 5.70. The molecule has 0 fully saturated rings. The van der Waals surface area contributed by atoms with Crippen LogP contribution in [0.5, 0.6) is 0 Å². The highest BCUT2D eigenvalue weighted by molar-refractivity contribution is 6.09. The van der Waals surface area contributed by atoms with E-state index in [2.05, 4.69) is 5.32 Å². The van der Waals surface area contributed by atoms with Gasteiger partial charge in [0, 0.05) is 29.5 Å². The Morgan fingerprint density at radius 1 is 1.18 bits per heavy atom. The first-order chi connectivity index (χ1) is 13.5. The van der Waals surface area contributed by atoms with Crippen molar-refractivity contribution in [1.82, 2.24) is 0 Å². The van der Waals surface area contributed by atoms with Crippen LogP contribution < -0.4 is 5.32 Å². The van der Waals surface area contributed by atoms with Crippen molar-refractivity contribution >= 4 is 23.4 Å². The molecule has 0 aliphatic heterocycles. The second kappa shape index (κ2) is 8.01. The molecule has 0 aliphatic carbocycles. The Balaban J connectivity index is 1.79. The molecule has 1 heterocycles. The summed E-state index contributed by atoms with van der Waals surface area (Å²) in [6.45, 7) is 1.99. The second-order valence-electron chi connectivity index (χ2n) is 6.00. The largest absolute Gasteiger partial charge is 0.457 e. The van der Waals surface area contributed by atoms with Gasteiger partial charge in [0.1, 0.15) is 23.2 Å². The Morgan fingerprint density at radius 3 is 2.61 bits per heavy atom. The van der Waals surface area contributed by atoms with E-state index in [0.717, 1.165) is 11.1 Å². The van der Waals surface area contributed by atoms with E-state index in [4.69, 9.17) is 4.42 Å². The number of benzene rings is 2. The molecule has 1 aromatic heterocycles. The highest BCUT2D eigenvalue weighted by Crippen LogP contribution is 2.24. The Hall–Kier alpha value is -4.18. The van der Waals surface area contributed by atoms with Gasteiger partial charge in [0.2, 0.25) is 0 Å². The molecule has 1 amide bonds. The van der Waals surface area contributed by atoms with Gasteiger partial charge < -0.3 is 9.73 Å². The number of rotatable bonds is 5. The van der Waals surface area contributed by atoms with E-state index in [-0.39, 0.29) is 16.9 Å². The average molecular weight is 373 g/mol. The lowest BCUT2D eigenvalue weighted by Crippen LogP contribution is -2.13. The lowest BCUT2D eigenvalue weighted by molar-refractivity contribution is -0.384. The van der Waals surface area contributed by atoms with Crippen molar-refractivity contribution in [3.63, 3.8) is 0 Å². The minimum absolute atomic E-state index is 0.158. The van der Waals surface area contributed by atoms with Crippen LogP contribution in [-0.2, 0) is 4.79 Å². The zero-order valence-corrected chi connectivity index (χ0v) is 14.9. The predicted molar refractivity (Wildman–Crippen MR) is 104 cm³/mol. The fourth-order valence-corrected chi connectivity index (χ4v) is 2.49. The summed E-state index contributed by atoms with van der Waals surface area (Å²) in [5, 5.41) is 22.6. The van der Waals surface area contributed by atoms with Crippen LogP contribution in [0.3, 0.4) is 0 Å². The van der Waals surface area contributed by atoms with Gasteiger partial charge >= 0.3 is 0 Å². The molecular weight excluding hydrogens is 358 g/mol. The maximum Gasteiger partial charge on any atom is 0.271 e. The number of anilines is 1. The Morgan fingerprint density at radius 2 is 1.93 bits per heavy atom. The van der Waals surface area contributed by atoms with Crippen LogP contribution in [0.1, 0.15) is 11.3 Å². The number of aryl methyl sites for hydroxylation is 1. The summed E-state index contributed by atoms with van der Waals surface area (Å²) in [5.41, 5.74) is 1.88. The minimum Gasteiger partial charge on any atom is -0.457 e. The molecule has 3 aromatic rings. The first kappa shape index (κ1) is 18.6. The number of furan rings is 1. The molecule has 0 bridgehead atoms. The fraction of sp³-hybridized carbons (Fsp3) is 0.0476. The van der Waals surface area contributed by atoms with Gasteiger partial charge in [-0.25, -0.2) is 0 Å². The topological polar surface area (TPSA) is 109 Å². The highest BCUT2D eigenvalue weighted by Gasteiger charge is 2.13. The summed E-state index contributed by atoms with van der Waals surface area (Å²) in [5.74, 6) is 0.278. The van der Waals surface area contributed by atoms with Crippen molar-refractivity contribution in [1.29, 1.82) is 5.26 Å². The lowest BCUT2D eigenvalue weighted by atomic mass is 10.1. The molecule has 0 radical (unpaired) electrons. The molecule has 2 aromatic carbocycles. The molecule has 0 spiro atoms. The van der Waals surface area contributed by atoms with Crippen LogP contribution in [0.4, 0.5) is 11.4 Å². The van der Waals surface area contributed by atoms with E-state index in [1.165, 1.54) is 30.3 Å². The molecule has 0 aliphatic rings. The quantitative estimate of drug-likeness (QED) is 0.301. The van der Waals surface area contributed by atoms with Crippen molar-refractivity contribution in [2.45, 2.75) is 6.92 Å². The number of carbonyl (C=O) groups excluding carboxylic acids is 1. The first-order valence-electron chi connectivity index (χ1n) is 8.31. The van der Waals surface area contributed by atoms with Crippen LogP contribution in [0.2, 0.25) is 0 Å². The normalized spacial score (nSPS) is 10.9. The van der Waals surface area contributed by atoms with Crippen molar-refractivity contribution < 1.29 is 14.1 Å². The van der Waals surface area contributed by atoms with E-state index in [9.17, 15) is 20.2 Å². The minimum atomic E-state index is -0.684. The van der Waals surface area contributed by atoms with E-state index in [1.807, 2.05) is 37.3 Å². The highest BCUT2D eigenvalue weighted by atomic mass is 16.6. The zero-order valence-electron chi connectivity index (χ0n) is 14.9. The molecule has 28 heavy (non-hydrogen) atoms. The van der Waals surface area contributed by atoms with Crippen LogP contribution >= 0.6 is 0 Å². The number of hydrogen-bond donors (Lipinski definition) is 1. The number of amides is 1. The van der Waals surface area contributed by atoms with Gasteiger partial charge in [-0.15, -0.1) is 0 Å². The van der Waals surface area contributed by atoms with Gasteiger partial charge in [-0.1, -0.05) is 35.9 Å². The number of non-ortho nitro benzene ring substituents is 1. The molecule has 138 valence electrons. The number of nitrogens with one attached hydrogen (secondary N) is 1. The van der Waals surface area contributed by atoms with Gasteiger partial charge in [-0.05, 0) is 25.1 Å². The van der Waals surface area contributed by atoms with Crippen LogP contribution in [0.25, 0.3) is 17.4 Å². The average Bonchev–Trinajstić information content (AvgIpc) is 3.15. The van der Waals surface area contributed by atoms with Gasteiger partial charge in [0.05, 0.1) is 4.92 Å². The number of hydrogen-bond acceptors (Lipinski definition) is 5.